The van der Waals surface area contributed by atoms with Crippen LogP contribution in [0.4, 0.5) is 15.4 Å². The Balaban J connectivity index is 2.18. The fraction of sp³-hybridized carbons (Fsp3) is 0.267. The van der Waals surface area contributed by atoms with Crippen molar-refractivity contribution in [2.75, 3.05) is 18.0 Å². The number of fused-ring (bicyclic) bond motifs is 1. The number of benzene rings is 1. The van der Waals surface area contributed by atoms with Crippen LogP contribution in [-0.2, 0) is 0 Å². The molecule has 1 unspecified atom stereocenters. The van der Waals surface area contributed by atoms with Crippen molar-refractivity contribution in [2.45, 2.75) is 13.0 Å². The van der Waals surface area contributed by atoms with E-state index in [1.165, 1.54) is 4.90 Å². The van der Waals surface area contributed by atoms with Crippen LogP contribution in [-0.4, -0.2) is 35.3 Å². The van der Waals surface area contributed by atoms with E-state index in [0.29, 0.717) is 35.0 Å². The molecule has 0 radical (unpaired) electrons. The molecule has 120 valence electrons. The van der Waals surface area contributed by atoms with Crippen molar-refractivity contribution in [3.05, 3.63) is 34.9 Å². The lowest BCUT2D eigenvalue weighted by molar-refractivity contribution is 0.191. The average molecular weight is 335 g/mol. The second kappa shape index (κ2) is 5.92. The van der Waals surface area contributed by atoms with Gasteiger partial charge in [-0.15, -0.1) is 0 Å². The number of urea groups is 1. The van der Waals surface area contributed by atoms with E-state index < -0.39 is 12.1 Å². The van der Waals surface area contributed by atoms with Crippen LogP contribution in [0.25, 0.3) is 10.9 Å². The highest BCUT2D eigenvalue weighted by atomic mass is 35.5. The molecule has 0 aliphatic carbocycles. The first-order valence-electron chi connectivity index (χ1n) is 7.11. The van der Waals surface area contributed by atoms with E-state index in [4.69, 9.17) is 16.7 Å². The molecule has 7 nitrogen and oxygen atoms in total. The van der Waals surface area contributed by atoms with Crippen LogP contribution in [0, 0.1) is 0 Å². The molecule has 1 saturated heterocycles. The van der Waals surface area contributed by atoms with E-state index in [-0.39, 0.29) is 6.03 Å². The minimum absolute atomic E-state index is 0.257. The first kappa shape index (κ1) is 15.4. The van der Waals surface area contributed by atoms with Gasteiger partial charge in [-0.1, -0.05) is 23.7 Å². The summed E-state index contributed by atoms with van der Waals surface area (Å²) in [6, 6.07) is 6.41. The van der Waals surface area contributed by atoms with Gasteiger partial charge in [0.15, 0.2) is 0 Å². The largest absolute Gasteiger partial charge is 0.465 e. The number of carbonyl (C=O) groups is 2. The highest BCUT2D eigenvalue weighted by Crippen LogP contribution is 2.32. The third-order valence-corrected chi connectivity index (χ3v) is 4.03. The number of hydrogen-bond acceptors (Lipinski definition) is 3. The van der Waals surface area contributed by atoms with Crippen LogP contribution in [0.15, 0.2) is 24.3 Å². The summed E-state index contributed by atoms with van der Waals surface area (Å²) >= 11 is 6.20. The van der Waals surface area contributed by atoms with E-state index >= 15 is 0 Å². The van der Waals surface area contributed by atoms with E-state index in [9.17, 15) is 9.59 Å². The van der Waals surface area contributed by atoms with Crippen molar-refractivity contribution in [1.29, 1.82) is 0 Å². The number of anilines is 1. The fourth-order valence-electron chi connectivity index (χ4n) is 2.64. The minimum atomic E-state index is -1.14. The molecule has 23 heavy (non-hydrogen) atoms. The maximum absolute atomic E-state index is 12.0. The van der Waals surface area contributed by atoms with Crippen molar-refractivity contribution in [1.82, 2.24) is 15.6 Å². The third-order valence-electron chi connectivity index (χ3n) is 3.72. The Morgan fingerprint density at radius 2 is 2.30 bits per heavy atom. The molecule has 0 spiro atoms. The molecule has 8 heteroatoms. The van der Waals surface area contributed by atoms with Crippen LogP contribution >= 0.6 is 11.6 Å². The number of carbonyl (C=O) groups excluding carboxylic acids is 1. The number of carboxylic acid groups (broad SMARTS) is 1. The van der Waals surface area contributed by atoms with E-state index in [1.54, 1.807) is 19.1 Å². The number of aromatic nitrogens is 1. The number of para-hydroxylation sites is 1. The maximum atomic E-state index is 12.0. The van der Waals surface area contributed by atoms with E-state index in [0.717, 1.165) is 5.39 Å². The Morgan fingerprint density at radius 3 is 2.96 bits per heavy atom. The zero-order valence-electron chi connectivity index (χ0n) is 12.3. The summed E-state index contributed by atoms with van der Waals surface area (Å²) in [5.74, 6) is 0.418. The second-order valence-electron chi connectivity index (χ2n) is 5.27. The summed E-state index contributed by atoms with van der Waals surface area (Å²) in [6.45, 7) is 2.69. The molecule has 1 atom stereocenters. The highest BCUT2D eigenvalue weighted by molar-refractivity contribution is 6.35. The number of halogens is 1. The first-order valence-corrected chi connectivity index (χ1v) is 7.49. The predicted molar refractivity (Wildman–Crippen MR) is 87.1 cm³/mol. The molecular formula is C15H15ClN4O3. The van der Waals surface area contributed by atoms with Gasteiger partial charge in [-0.05, 0) is 19.1 Å². The van der Waals surface area contributed by atoms with Gasteiger partial charge in [-0.2, -0.15) is 0 Å². The zero-order valence-corrected chi connectivity index (χ0v) is 13.1. The molecular weight excluding hydrogens is 320 g/mol. The fourth-order valence-corrected chi connectivity index (χ4v) is 2.86. The summed E-state index contributed by atoms with van der Waals surface area (Å²) in [4.78, 5) is 29.0. The van der Waals surface area contributed by atoms with Gasteiger partial charge in [-0.25, -0.2) is 14.6 Å². The normalized spacial score (nSPS) is 15.6. The van der Waals surface area contributed by atoms with Crippen LogP contribution in [0.2, 0.25) is 5.02 Å². The van der Waals surface area contributed by atoms with Crippen molar-refractivity contribution in [3.63, 3.8) is 0 Å². The van der Waals surface area contributed by atoms with Gasteiger partial charge >= 0.3 is 12.1 Å². The maximum Gasteiger partial charge on any atom is 0.405 e. The summed E-state index contributed by atoms with van der Waals surface area (Å²) in [5, 5.41) is 15.3. The number of rotatable bonds is 3. The molecule has 2 aromatic rings. The lowest BCUT2D eigenvalue weighted by Gasteiger charge is -2.22. The summed E-state index contributed by atoms with van der Waals surface area (Å²) in [6.07, 6.45) is -1.14. The summed E-state index contributed by atoms with van der Waals surface area (Å²) in [5.41, 5.74) is 1.20. The molecule has 3 N–H and O–H groups in total. The van der Waals surface area contributed by atoms with Crippen LogP contribution in [0.3, 0.4) is 0 Å². The monoisotopic (exact) mass is 334 g/mol. The number of pyridine rings is 1. The summed E-state index contributed by atoms with van der Waals surface area (Å²) < 4.78 is 0. The van der Waals surface area contributed by atoms with Gasteiger partial charge in [0.1, 0.15) is 5.82 Å². The van der Waals surface area contributed by atoms with Gasteiger partial charge in [0.05, 0.1) is 16.6 Å². The molecule has 2 heterocycles. The lowest BCUT2D eigenvalue weighted by atomic mass is 10.1. The van der Waals surface area contributed by atoms with Crippen LogP contribution < -0.4 is 15.5 Å². The molecule has 1 aliphatic rings. The van der Waals surface area contributed by atoms with Gasteiger partial charge < -0.3 is 15.7 Å². The molecule has 1 aliphatic heterocycles. The van der Waals surface area contributed by atoms with Crippen LogP contribution in [0.5, 0.6) is 0 Å². The standard InChI is InChI=1S/C15H15ClN4O3/c1-8(18-15(22)23)10-7-9-3-2-4-11(16)12(9)19-13(10)20-6-5-17-14(20)21/h2-4,7-8,18H,5-6H2,1H3,(H,17,21)(H,22,23). The zero-order chi connectivity index (χ0) is 16.6. The van der Waals surface area contributed by atoms with Gasteiger partial charge in [-0.3, -0.25) is 4.90 Å². The van der Waals surface area contributed by atoms with Crippen LogP contribution in [0.1, 0.15) is 18.5 Å². The molecule has 1 fully saturated rings. The molecule has 3 rings (SSSR count). The highest BCUT2D eigenvalue weighted by Gasteiger charge is 2.27. The van der Waals surface area contributed by atoms with Crippen molar-refractivity contribution in [2.24, 2.45) is 0 Å². The number of nitrogens with one attached hydrogen (secondary N) is 2. The van der Waals surface area contributed by atoms with E-state index in [1.807, 2.05) is 12.1 Å². The predicted octanol–water partition coefficient (Wildman–Crippen LogP) is 2.75. The Morgan fingerprint density at radius 1 is 1.52 bits per heavy atom. The SMILES string of the molecule is CC(NC(=O)O)c1cc2cccc(Cl)c2nc1N1CCNC1=O. The van der Waals surface area contributed by atoms with Crippen molar-refractivity contribution >= 4 is 40.4 Å². The van der Waals surface area contributed by atoms with Gasteiger partial charge in [0, 0.05) is 24.0 Å². The minimum Gasteiger partial charge on any atom is -0.465 e. The Hall–Kier alpha value is -2.54. The van der Waals surface area contributed by atoms with Crippen molar-refractivity contribution < 1.29 is 14.7 Å². The van der Waals surface area contributed by atoms with Gasteiger partial charge in [0.2, 0.25) is 0 Å². The molecule has 1 aromatic carbocycles. The van der Waals surface area contributed by atoms with Gasteiger partial charge in [0.25, 0.3) is 0 Å². The topological polar surface area (TPSA) is 94.6 Å². The molecule has 1 aromatic heterocycles. The Kier molecular flexibility index (Phi) is 3.96. The smallest absolute Gasteiger partial charge is 0.405 e. The second-order valence-corrected chi connectivity index (χ2v) is 5.67. The Bertz CT molecular complexity index is 796. The molecule has 0 bridgehead atoms. The average Bonchev–Trinajstić information content (AvgIpc) is 2.92. The third kappa shape index (κ3) is 2.87. The molecule has 0 saturated carbocycles. The summed E-state index contributed by atoms with van der Waals surface area (Å²) in [7, 11) is 0. The number of amides is 3. The lowest BCUT2D eigenvalue weighted by Crippen LogP contribution is -2.32. The Labute approximate surface area is 137 Å². The number of nitrogens with zero attached hydrogens (tertiary/aromatic N) is 2. The number of hydrogen-bond donors (Lipinski definition) is 3. The molecule has 3 amide bonds. The van der Waals surface area contributed by atoms with Crippen molar-refractivity contribution in [3.8, 4) is 0 Å². The van der Waals surface area contributed by atoms with E-state index in [2.05, 4.69) is 15.6 Å². The first-order chi connectivity index (χ1) is 11.0. The quantitative estimate of drug-likeness (QED) is 0.804.